The number of hydrogen-bond donors (Lipinski definition) is 2. The molecule has 0 aromatic carbocycles. The van der Waals surface area contributed by atoms with Gasteiger partial charge >= 0.3 is 0 Å². The Hall–Kier alpha value is -0.940. The summed E-state index contributed by atoms with van der Waals surface area (Å²) in [5, 5.41) is 5.05. The Labute approximate surface area is 112 Å². The quantitative estimate of drug-likeness (QED) is 0.851. The van der Waals surface area contributed by atoms with Gasteiger partial charge in [-0.1, -0.05) is 12.8 Å². The molecule has 1 aromatic rings. The summed E-state index contributed by atoms with van der Waals surface area (Å²) in [6.45, 7) is 1.31. The van der Waals surface area contributed by atoms with Crippen molar-refractivity contribution in [1.82, 2.24) is 10.3 Å². The molecule has 18 heavy (non-hydrogen) atoms. The summed E-state index contributed by atoms with van der Waals surface area (Å²) in [6, 6.07) is 0. The van der Waals surface area contributed by atoms with Crippen molar-refractivity contribution in [1.29, 1.82) is 0 Å². The lowest BCUT2D eigenvalue weighted by molar-refractivity contribution is -0.127. The lowest BCUT2D eigenvalue weighted by Gasteiger charge is -2.29. The molecule has 1 aliphatic rings. The molecule has 0 spiro atoms. The van der Waals surface area contributed by atoms with E-state index in [4.69, 9.17) is 5.73 Å². The van der Waals surface area contributed by atoms with Crippen LogP contribution < -0.4 is 11.1 Å². The van der Waals surface area contributed by atoms with Gasteiger partial charge in [-0.15, -0.1) is 11.3 Å². The molecule has 100 valence electrons. The summed E-state index contributed by atoms with van der Waals surface area (Å²) in [5.74, 6) is 0.678. The molecule has 5 heteroatoms. The van der Waals surface area contributed by atoms with Gasteiger partial charge in [0.05, 0.1) is 11.2 Å². The summed E-state index contributed by atoms with van der Waals surface area (Å²) in [4.78, 5) is 16.3. The van der Waals surface area contributed by atoms with Crippen LogP contribution >= 0.6 is 11.3 Å². The van der Waals surface area contributed by atoms with E-state index in [1.165, 1.54) is 6.42 Å². The first-order valence-electron chi connectivity index (χ1n) is 6.66. The third kappa shape index (κ3) is 3.53. The summed E-state index contributed by atoms with van der Waals surface area (Å²) >= 11 is 1.59. The second-order valence-corrected chi connectivity index (χ2v) is 5.63. The molecule has 1 aliphatic carbocycles. The van der Waals surface area contributed by atoms with Gasteiger partial charge < -0.3 is 11.1 Å². The van der Waals surface area contributed by atoms with Crippen LogP contribution in [0, 0.1) is 11.8 Å². The average molecular weight is 267 g/mol. The molecule has 1 heterocycles. The maximum atomic E-state index is 12.1. The predicted octanol–water partition coefficient (Wildman–Crippen LogP) is 1.57. The van der Waals surface area contributed by atoms with Crippen molar-refractivity contribution in [2.45, 2.75) is 32.1 Å². The third-order valence-corrected chi connectivity index (χ3v) is 4.35. The fraction of sp³-hybridized carbons (Fsp3) is 0.692. The molecule has 2 unspecified atom stereocenters. The van der Waals surface area contributed by atoms with Crippen LogP contribution in [0.25, 0.3) is 0 Å². The first-order chi connectivity index (χ1) is 8.81. The van der Waals surface area contributed by atoms with E-state index in [2.05, 4.69) is 10.3 Å². The van der Waals surface area contributed by atoms with Crippen molar-refractivity contribution in [3.8, 4) is 0 Å². The number of nitrogens with zero attached hydrogens (tertiary/aromatic N) is 1. The number of nitrogens with two attached hydrogens (primary N) is 1. The smallest absolute Gasteiger partial charge is 0.223 e. The Balaban J connectivity index is 1.76. The van der Waals surface area contributed by atoms with Crippen molar-refractivity contribution < 1.29 is 4.79 Å². The van der Waals surface area contributed by atoms with E-state index in [-0.39, 0.29) is 11.8 Å². The van der Waals surface area contributed by atoms with Crippen LogP contribution in [0.15, 0.2) is 10.9 Å². The molecule has 3 N–H and O–H groups in total. The normalized spacial score (nSPS) is 23.8. The molecule has 0 bridgehead atoms. The molecule has 2 atom stereocenters. The number of carbonyl (C=O) groups excluding carboxylic acids is 1. The van der Waals surface area contributed by atoms with Crippen molar-refractivity contribution >= 4 is 17.2 Å². The molecule has 4 nitrogen and oxygen atoms in total. The zero-order valence-corrected chi connectivity index (χ0v) is 11.4. The number of rotatable bonds is 5. The molecule has 1 fully saturated rings. The number of carbonyl (C=O) groups is 1. The highest BCUT2D eigenvalue weighted by Gasteiger charge is 2.29. The van der Waals surface area contributed by atoms with E-state index in [0.29, 0.717) is 19.0 Å². The first-order valence-corrected chi connectivity index (χ1v) is 7.60. The Morgan fingerprint density at radius 3 is 3.06 bits per heavy atom. The van der Waals surface area contributed by atoms with Gasteiger partial charge in [0.1, 0.15) is 0 Å². The zero-order chi connectivity index (χ0) is 12.8. The van der Waals surface area contributed by atoms with E-state index >= 15 is 0 Å². The van der Waals surface area contributed by atoms with Crippen LogP contribution in [-0.4, -0.2) is 24.0 Å². The SMILES string of the molecule is NCC1CCCCC1C(=O)NCCc1cscn1. The van der Waals surface area contributed by atoms with Gasteiger partial charge in [-0.3, -0.25) is 4.79 Å². The molecule has 1 aromatic heterocycles. The van der Waals surface area contributed by atoms with Crippen LogP contribution in [0.1, 0.15) is 31.4 Å². The minimum Gasteiger partial charge on any atom is -0.355 e. The lowest BCUT2D eigenvalue weighted by Crippen LogP contribution is -2.40. The summed E-state index contributed by atoms with van der Waals surface area (Å²) < 4.78 is 0. The monoisotopic (exact) mass is 267 g/mol. The van der Waals surface area contributed by atoms with E-state index in [1.54, 1.807) is 11.3 Å². The topological polar surface area (TPSA) is 68.0 Å². The Morgan fingerprint density at radius 1 is 1.50 bits per heavy atom. The van der Waals surface area contributed by atoms with Gasteiger partial charge in [-0.2, -0.15) is 0 Å². The fourth-order valence-electron chi connectivity index (χ4n) is 2.64. The Kier molecular flexibility index (Phi) is 5.13. The van der Waals surface area contributed by atoms with Crippen LogP contribution in [0.3, 0.4) is 0 Å². The van der Waals surface area contributed by atoms with Gasteiger partial charge in [-0.25, -0.2) is 4.98 Å². The highest BCUT2D eigenvalue weighted by molar-refractivity contribution is 7.07. The Morgan fingerprint density at radius 2 is 2.33 bits per heavy atom. The number of hydrogen-bond acceptors (Lipinski definition) is 4. The van der Waals surface area contributed by atoms with Crippen LogP contribution in [0.5, 0.6) is 0 Å². The van der Waals surface area contributed by atoms with Crippen molar-refractivity contribution in [2.75, 3.05) is 13.1 Å². The number of thiazole rings is 1. The van der Waals surface area contributed by atoms with Crippen LogP contribution in [0.2, 0.25) is 0 Å². The molecule has 1 amide bonds. The second-order valence-electron chi connectivity index (χ2n) is 4.91. The second kappa shape index (κ2) is 6.85. The van der Waals surface area contributed by atoms with Crippen molar-refractivity contribution in [3.05, 3.63) is 16.6 Å². The van der Waals surface area contributed by atoms with Gasteiger partial charge in [-0.05, 0) is 25.3 Å². The number of nitrogens with one attached hydrogen (secondary N) is 1. The third-order valence-electron chi connectivity index (χ3n) is 3.71. The maximum absolute atomic E-state index is 12.1. The van der Waals surface area contributed by atoms with Gasteiger partial charge in [0.15, 0.2) is 0 Å². The Bertz CT molecular complexity index is 366. The van der Waals surface area contributed by atoms with E-state index in [9.17, 15) is 4.79 Å². The molecular formula is C13H21N3OS. The molecule has 0 aliphatic heterocycles. The summed E-state index contributed by atoms with van der Waals surface area (Å²) in [7, 11) is 0. The number of amides is 1. The van der Waals surface area contributed by atoms with Crippen molar-refractivity contribution in [2.24, 2.45) is 17.6 Å². The predicted molar refractivity (Wildman–Crippen MR) is 73.3 cm³/mol. The van der Waals surface area contributed by atoms with E-state index < -0.39 is 0 Å². The number of aromatic nitrogens is 1. The zero-order valence-electron chi connectivity index (χ0n) is 10.6. The molecule has 2 rings (SSSR count). The van der Waals surface area contributed by atoms with E-state index in [0.717, 1.165) is 31.4 Å². The largest absolute Gasteiger partial charge is 0.355 e. The van der Waals surface area contributed by atoms with E-state index in [1.807, 2.05) is 10.9 Å². The fourth-order valence-corrected chi connectivity index (χ4v) is 3.23. The molecule has 0 radical (unpaired) electrons. The van der Waals surface area contributed by atoms with Gasteiger partial charge in [0.25, 0.3) is 0 Å². The van der Waals surface area contributed by atoms with Gasteiger partial charge in [0.2, 0.25) is 5.91 Å². The summed E-state index contributed by atoms with van der Waals surface area (Å²) in [5.41, 5.74) is 8.63. The molecular weight excluding hydrogens is 246 g/mol. The van der Waals surface area contributed by atoms with Crippen molar-refractivity contribution in [3.63, 3.8) is 0 Å². The molecule has 0 saturated heterocycles. The lowest BCUT2D eigenvalue weighted by atomic mass is 9.79. The first kappa shape index (κ1) is 13.5. The standard InChI is InChI=1S/C13H21N3OS/c14-7-10-3-1-2-4-12(10)13(17)15-6-5-11-8-18-9-16-11/h8-10,12H,1-7,14H2,(H,15,17). The van der Waals surface area contributed by atoms with Crippen LogP contribution in [0.4, 0.5) is 0 Å². The minimum atomic E-state index is 0.124. The molecule has 1 saturated carbocycles. The minimum absolute atomic E-state index is 0.124. The average Bonchev–Trinajstić information content (AvgIpc) is 2.91. The highest BCUT2D eigenvalue weighted by Crippen LogP contribution is 2.29. The van der Waals surface area contributed by atoms with Gasteiger partial charge in [0, 0.05) is 24.3 Å². The van der Waals surface area contributed by atoms with Crippen LogP contribution in [-0.2, 0) is 11.2 Å². The highest BCUT2D eigenvalue weighted by atomic mass is 32.1. The maximum Gasteiger partial charge on any atom is 0.223 e. The summed E-state index contributed by atoms with van der Waals surface area (Å²) in [6.07, 6.45) is 5.27.